The molecule has 7 amide bonds. The molecule has 8 N–H and O–H groups in total. The van der Waals surface area contributed by atoms with Gasteiger partial charge in [0, 0.05) is 36.9 Å². The Morgan fingerprint density at radius 2 is 1.59 bits per heavy atom. The van der Waals surface area contributed by atoms with E-state index in [0.717, 1.165) is 29.5 Å². The van der Waals surface area contributed by atoms with E-state index in [1.54, 1.807) is 27.1 Å². The maximum Gasteiger partial charge on any atom is 0.312 e. The molecule has 1 aliphatic carbocycles. The zero-order chi connectivity index (χ0) is 41.7. The summed E-state index contributed by atoms with van der Waals surface area (Å²) in [5.74, 6) is -0.612. The number of primary amides is 1. The molecule has 1 aliphatic rings. The Balaban J connectivity index is 1.52. The van der Waals surface area contributed by atoms with E-state index < -0.39 is 40.5 Å². The van der Waals surface area contributed by atoms with Crippen LogP contribution in [0.25, 0.3) is 0 Å². The highest BCUT2D eigenvalue weighted by atomic mass is 32.2. The van der Waals surface area contributed by atoms with Crippen LogP contribution in [0.15, 0.2) is 66.2 Å². The quantitative estimate of drug-likeness (QED) is 0.0432. The second-order valence-corrected chi connectivity index (χ2v) is 16.8. The van der Waals surface area contributed by atoms with Gasteiger partial charge < -0.3 is 37.2 Å². The Kier molecular flexibility index (Phi) is 16.5. The Labute approximate surface area is 335 Å². The van der Waals surface area contributed by atoms with Gasteiger partial charge >= 0.3 is 6.03 Å². The first kappa shape index (κ1) is 45.5. The van der Waals surface area contributed by atoms with Gasteiger partial charge in [-0.15, -0.1) is 0 Å². The van der Waals surface area contributed by atoms with Crippen molar-refractivity contribution in [1.29, 1.82) is 0 Å². The van der Waals surface area contributed by atoms with Gasteiger partial charge in [-0.25, -0.2) is 4.79 Å². The lowest BCUT2D eigenvalue weighted by molar-refractivity contribution is -0.139. The molecule has 0 aromatic heterocycles. The van der Waals surface area contributed by atoms with Gasteiger partial charge in [0.1, 0.15) is 12.1 Å². The summed E-state index contributed by atoms with van der Waals surface area (Å²) in [6, 6.07) is 14.8. The van der Waals surface area contributed by atoms with Crippen LogP contribution in [-0.4, -0.2) is 86.3 Å². The summed E-state index contributed by atoms with van der Waals surface area (Å²) < 4.78 is 2.86. The van der Waals surface area contributed by atoms with Gasteiger partial charge in [-0.3, -0.25) is 28.7 Å². The molecule has 0 aliphatic heterocycles. The van der Waals surface area contributed by atoms with E-state index in [2.05, 4.69) is 31.3 Å². The first-order valence-electron chi connectivity index (χ1n) is 18.9. The number of nitrogens with two attached hydrogens (primary N) is 1. The van der Waals surface area contributed by atoms with Crippen LogP contribution in [0.2, 0.25) is 0 Å². The highest BCUT2D eigenvalue weighted by Crippen LogP contribution is 2.45. The number of nitrogens with zero attached hydrogens (tertiary/aromatic N) is 1. The summed E-state index contributed by atoms with van der Waals surface area (Å²) in [6.07, 6.45) is 4.53. The molecule has 3 unspecified atom stereocenters. The third-order valence-electron chi connectivity index (χ3n) is 10.2. The molecular weight excluding hydrogens is 733 g/mol. The molecule has 0 spiro atoms. The van der Waals surface area contributed by atoms with E-state index in [0.29, 0.717) is 37.1 Å². The number of carbonyl (C=O) groups is 6. The van der Waals surface area contributed by atoms with Crippen LogP contribution >= 0.6 is 11.9 Å². The molecule has 0 saturated heterocycles. The molecule has 3 rings (SSSR count). The summed E-state index contributed by atoms with van der Waals surface area (Å²) in [5.41, 5.74) is 6.81. The Morgan fingerprint density at radius 1 is 0.946 bits per heavy atom. The second kappa shape index (κ2) is 20.3. The van der Waals surface area contributed by atoms with E-state index >= 15 is 0 Å². The monoisotopic (exact) mass is 792 g/mol. The number of rotatable bonds is 21. The van der Waals surface area contributed by atoms with Crippen molar-refractivity contribution in [3.05, 3.63) is 82.9 Å². The minimum absolute atomic E-state index is 0.175. The first-order valence-corrected chi connectivity index (χ1v) is 19.9. The first-order chi connectivity index (χ1) is 26.4. The molecule has 2 aromatic carbocycles. The molecule has 2 aromatic rings. The van der Waals surface area contributed by atoms with Gasteiger partial charge in [0.2, 0.25) is 24.1 Å². The lowest BCUT2D eigenvalue weighted by Gasteiger charge is -2.38. The van der Waals surface area contributed by atoms with Crippen molar-refractivity contribution in [2.24, 2.45) is 11.1 Å². The number of benzene rings is 2. The van der Waals surface area contributed by atoms with Crippen molar-refractivity contribution in [3.8, 4) is 0 Å². The van der Waals surface area contributed by atoms with Crippen LogP contribution in [0.1, 0.15) is 83.9 Å². The highest BCUT2D eigenvalue weighted by molar-refractivity contribution is 7.97. The number of nitrogens with one attached hydrogen (secondary N) is 6. The molecule has 0 heterocycles. The molecule has 14 nitrogen and oxygen atoms in total. The van der Waals surface area contributed by atoms with Crippen LogP contribution in [0.5, 0.6) is 0 Å². The van der Waals surface area contributed by atoms with Crippen LogP contribution in [0.4, 0.5) is 4.79 Å². The van der Waals surface area contributed by atoms with Crippen LogP contribution in [0.3, 0.4) is 0 Å². The molecule has 0 bridgehead atoms. The number of amides is 7. The van der Waals surface area contributed by atoms with Gasteiger partial charge in [-0.05, 0) is 73.7 Å². The van der Waals surface area contributed by atoms with Crippen LogP contribution in [-0.2, 0) is 40.7 Å². The van der Waals surface area contributed by atoms with Gasteiger partial charge in [0.25, 0.3) is 5.91 Å². The molecule has 306 valence electrons. The smallest absolute Gasteiger partial charge is 0.312 e. The fourth-order valence-electron chi connectivity index (χ4n) is 6.41. The van der Waals surface area contributed by atoms with E-state index in [4.69, 9.17) is 5.73 Å². The average molecular weight is 793 g/mol. The number of carbonyl (C=O) groups excluding carboxylic acids is 6. The predicted molar refractivity (Wildman–Crippen MR) is 220 cm³/mol. The second-order valence-electron chi connectivity index (χ2n) is 16.0. The van der Waals surface area contributed by atoms with Gasteiger partial charge in [-0.1, -0.05) is 95.3 Å². The minimum atomic E-state index is -0.808. The van der Waals surface area contributed by atoms with E-state index in [-0.39, 0.29) is 30.2 Å². The largest absolute Gasteiger partial charge is 0.352 e. The summed E-state index contributed by atoms with van der Waals surface area (Å²) in [6.45, 7) is 11.9. The maximum absolute atomic E-state index is 13.7. The maximum atomic E-state index is 13.7. The zero-order valence-electron chi connectivity index (χ0n) is 33.9. The summed E-state index contributed by atoms with van der Waals surface area (Å²) in [7, 11) is 3.39. The van der Waals surface area contributed by atoms with Crippen molar-refractivity contribution in [1.82, 2.24) is 36.2 Å². The van der Waals surface area contributed by atoms with Crippen molar-refractivity contribution in [3.63, 3.8) is 0 Å². The Hall–Kier alpha value is -4.89. The molecular formula is C41H60N8O6S. The fourth-order valence-corrected chi connectivity index (χ4v) is 7.14. The standard InChI is InChI=1S/C41H60N8O6S/c1-27(20-24-49(8)37(54)33(39(2,3)4)46-36(53)32(43-7)40(5,6)29-13-10-9-11-14-29)34(51)48-56-25-28-16-18-30(19-17-28)41(21-22-41)47-35(52)31(45-26-50)15-12-23-44-38(42)55/h9-11,13-14,16-20,26,31-33,43H,12,15,21-25H2,1-8H3,(H,45,50)(H,46,53)(H,47,52)(H,48,51)(H3,42,44,55)/b27-20+. The summed E-state index contributed by atoms with van der Waals surface area (Å²) in [5, 5.41) is 14.3. The molecule has 0 radical (unpaired) electrons. The third kappa shape index (κ3) is 12.8. The number of hydrogen-bond acceptors (Lipinski definition) is 8. The molecule has 1 fully saturated rings. The van der Waals surface area contributed by atoms with Gasteiger partial charge in [0.05, 0.1) is 11.6 Å². The molecule has 56 heavy (non-hydrogen) atoms. The number of hydrogen-bond donors (Lipinski definition) is 7. The summed E-state index contributed by atoms with van der Waals surface area (Å²) in [4.78, 5) is 76.9. The van der Waals surface area contributed by atoms with Crippen molar-refractivity contribution >= 4 is 48.0 Å². The Morgan fingerprint density at radius 3 is 2.14 bits per heavy atom. The topological polar surface area (TPSA) is 204 Å². The predicted octanol–water partition coefficient (Wildman–Crippen LogP) is 3.12. The van der Waals surface area contributed by atoms with E-state index in [9.17, 15) is 28.8 Å². The van der Waals surface area contributed by atoms with Crippen molar-refractivity contribution in [2.45, 2.75) is 102 Å². The number of urea groups is 1. The highest BCUT2D eigenvalue weighted by Gasteiger charge is 2.46. The van der Waals surface area contributed by atoms with Gasteiger partial charge in [0.15, 0.2) is 0 Å². The Bertz CT molecular complexity index is 1710. The van der Waals surface area contributed by atoms with Crippen LogP contribution < -0.4 is 37.0 Å². The zero-order valence-corrected chi connectivity index (χ0v) is 34.7. The SMILES string of the molecule is CNC(C(=O)NC(C(=O)N(C)C/C=C(\C)C(=O)NSCc1ccc(C2(NC(=O)C(CCCNC(N)=O)NC=O)CC2)cc1)C(C)(C)C)C(C)(C)c1ccccc1. The minimum Gasteiger partial charge on any atom is -0.352 e. The fraction of sp³-hybridized carbons (Fsp3) is 0.512. The lowest BCUT2D eigenvalue weighted by atomic mass is 9.76. The molecule has 3 atom stereocenters. The lowest BCUT2D eigenvalue weighted by Crippen LogP contribution is -2.60. The van der Waals surface area contributed by atoms with Crippen LogP contribution in [0, 0.1) is 5.41 Å². The third-order valence-corrected chi connectivity index (χ3v) is 11.0. The van der Waals surface area contributed by atoms with E-state index in [1.165, 1.54) is 16.8 Å². The normalized spacial score (nSPS) is 15.3. The summed E-state index contributed by atoms with van der Waals surface area (Å²) >= 11 is 1.24. The van der Waals surface area contributed by atoms with E-state index in [1.807, 2.05) is 89.2 Å². The van der Waals surface area contributed by atoms with Crippen molar-refractivity contribution in [2.75, 3.05) is 27.2 Å². The molecule has 1 saturated carbocycles. The average Bonchev–Trinajstić information content (AvgIpc) is 3.94. The molecule has 15 heteroatoms. The van der Waals surface area contributed by atoms with Crippen molar-refractivity contribution < 1.29 is 28.8 Å². The number of likely N-dealkylation sites (N-methyl/N-ethyl adjacent to an activating group) is 2. The van der Waals surface area contributed by atoms with Gasteiger partial charge in [-0.2, -0.15) is 0 Å².